The van der Waals surface area contributed by atoms with Crippen LogP contribution in [0.15, 0.2) is 41.4 Å². The van der Waals surface area contributed by atoms with E-state index in [-0.39, 0.29) is 17.3 Å². The summed E-state index contributed by atoms with van der Waals surface area (Å²) in [6.07, 6.45) is 3.94. The summed E-state index contributed by atoms with van der Waals surface area (Å²) in [5.74, 6) is 0.550. The van der Waals surface area contributed by atoms with Crippen molar-refractivity contribution in [2.75, 3.05) is 31.2 Å². The van der Waals surface area contributed by atoms with Gasteiger partial charge in [0.05, 0.1) is 30.2 Å². The van der Waals surface area contributed by atoms with Crippen LogP contribution in [0.5, 0.6) is 0 Å². The van der Waals surface area contributed by atoms with Crippen molar-refractivity contribution in [2.24, 2.45) is 0 Å². The summed E-state index contributed by atoms with van der Waals surface area (Å²) in [7, 11) is 0. The topological polar surface area (TPSA) is 72.4 Å². The second kappa shape index (κ2) is 8.02. The van der Waals surface area contributed by atoms with E-state index in [9.17, 15) is 9.59 Å². The number of hydrogen-bond acceptors (Lipinski definition) is 7. The SMILES string of the molecule is O=C1CC(=O)/C(=C/c2ccnc(Cc3ccc(N4CCOCC4)cc3)n2)S1. The summed E-state index contributed by atoms with van der Waals surface area (Å²) in [6.45, 7) is 3.37. The zero-order valence-corrected chi connectivity index (χ0v) is 15.6. The molecule has 0 atom stereocenters. The van der Waals surface area contributed by atoms with Gasteiger partial charge in [-0.15, -0.1) is 0 Å². The van der Waals surface area contributed by atoms with E-state index in [1.54, 1.807) is 18.3 Å². The summed E-state index contributed by atoms with van der Waals surface area (Å²) >= 11 is 0.992. The number of carbonyl (C=O) groups is 2. The van der Waals surface area contributed by atoms with Crippen molar-refractivity contribution >= 4 is 34.4 Å². The fourth-order valence-corrected chi connectivity index (χ4v) is 3.90. The number of nitrogens with zero attached hydrogens (tertiary/aromatic N) is 3. The highest BCUT2D eigenvalue weighted by Crippen LogP contribution is 2.30. The Balaban J connectivity index is 1.46. The molecule has 2 aliphatic rings. The van der Waals surface area contributed by atoms with Crippen molar-refractivity contribution < 1.29 is 14.3 Å². The van der Waals surface area contributed by atoms with Gasteiger partial charge in [-0.3, -0.25) is 9.59 Å². The maximum absolute atomic E-state index is 11.8. The third-order valence-electron chi connectivity index (χ3n) is 4.48. The molecule has 3 heterocycles. The predicted octanol–water partition coefficient (Wildman–Crippen LogP) is 2.48. The molecule has 6 nitrogen and oxygen atoms in total. The quantitative estimate of drug-likeness (QED) is 0.595. The highest BCUT2D eigenvalue weighted by molar-refractivity contribution is 8.18. The Morgan fingerprint density at radius 3 is 2.59 bits per heavy atom. The van der Waals surface area contributed by atoms with Gasteiger partial charge in [0.15, 0.2) is 5.78 Å². The van der Waals surface area contributed by atoms with Gasteiger partial charge in [-0.1, -0.05) is 12.1 Å². The Morgan fingerprint density at radius 1 is 1.11 bits per heavy atom. The summed E-state index contributed by atoms with van der Waals surface area (Å²) in [5, 5.41) is -0.110. The van der Waals surface area contributed by atoms with Crippen LogP contribution in [0.2, 0.25) is 0 Å². The molecule has 2 aliphatic heterocycles. The number of rotatable bonds is 4. The van der Waals surface area contributed by atoms with Crippen LogP contribution >= 0.6 is 11.8 Å². The minimum Gasteiger partial charge on any atom is -0.378 e. The molecule has 2 fully saturated rings. The number of morpholine rings is 1. The monoisotopic (exact) mass is 381 g/mol. The molecule has 0 unspecified atom stereocenters. The van der Waals surface area contributed by atoms with E-state index in [0.29, 0.717) is 22.8 Å². The summed E-state index contributed by atoms with van der Waals surface area (Å²) in [5.41, 5.74) is 2.97. The summed E-state index contributed by atoms with van der Waals surface area (Å²) < 4.78 is 5.39. The van der Waals surface area contributed by atoms with Crippen LogP contribution < -0.4 is 4.90 Å². The maximum Gasteiger partial charge on any atom is 0.201 e. The van der Waals surface area contributed by atoms with Gasteiger partial charge >= 0.3 is 0 Å². The molecule has 0 N–H and O–H groups in total. The van der Waals surface area contributed by atoms with Crippen molar-refractivity contribution in [3.05, 3.63) is 58.5 Å². The lowest BCUT2D eigenvalue weighted by atomic mass is 10.1. The van der Waals surface area contributed by atoms with E-state index in [1.807, 2.05) is 0 Å². The van der Waals surface area contributed by atoms with Gasteiger partial charge < -0.3 is 9.64 Å². The molecule has 4 rings (SSSR count). The Kier molecular flexibility index (Phi) is 5.31. The second-order valence-corrected chi connectivity index (χ2v) is 7.52. The molecule has 0 spiro atoms. The van der Waals surface area contributed by atoms with Crippen LogP contribution in [0, 0.1) is 0 Å². The normalized spacial score (nSPS) is 19.1. The Morgan fingerprint density at radius 2 is 1.89 bits per heavy atom. The largest absolute Gasteiger partial charge is 0.378 e. The lowest BCUT2D eigenvalue weighted by Gasteiger charge is -2.28. The molecule has 2 aromatic rings. The maximum atomic E-state index is 11.8. The van der Waals surface area contributed by atoms with Gasteiger partial charge in [-0.05, 0) is 41.6 Å². The molecule has 7 heteroatoms. The summed E-state index contributed by atoms with van der Waals surface area (Å²) in [4.78, 5) is 34.7. The number of carbonyl (C=O) groups excluding carboxylic acids is 2. The lowest BCUT2D eigenvalue weighted by molar-refractivity contribution is -0.119. The van der Waals surface area contributed by atoms with E-state index in [2.05, 4.69) is 39.1 Å². The average molecular weight is 381 g/mol. The average Bonchev–Trinajstić information content (AvgIpc) is 3.00. The molecular formula is C20H19N3O3S. The first-order valence-corrected chi connectivity index (χ1v) is 9.68. The van der Waals surface area contributed by atoms with Crippen LogP contribution in [0.4, 0.5) is 5.69 Å². The van der Waals surface area contributed by atoms with Gasteiger partial charge in [0.25, 0.3) is 0 Å². The number of hydrogen-bond donors (Lipinski definition) is 0. The number of allylic oxidation sites excluding steroid dienone is 1. The van der Waals surface area contributed by atoms with Gasteiger partial charge in [-0.25, -0.2) is 9.97 Å². The molecule has 0 saturated carbocycles. The first kappa shape index (κ1) is 17.9. The van der Waals surface area contributed by atoms with Crippen LogP contribution in [0.25, 0.3) is 6.08 Å². The van der Waals surface area contributed by atoms with Gasteiger partial charge in [0.2, 0.25) is 5.12 Å². The van der Waals surface area contributed by atoms with Crippen molar-refractivity contribution in [1.82, 2.24) is 9.97 Å². The van der Waals surface area contributed by atoms with E-state index >= 15 is 0 Å². The highest BCUT2D eigenvalue weighted by Gasteiger charge is 2.25. The molecule has 2 saturated heterocycles. The number of benzene rings is 1. The van der Waals surface area contributed by atoms with E-state index in [4.69, 9.17) is 4.74 Å². The first-order valence-electron chi connectivity index (χ1n) is 8.86. The van der Waals surface area contributed by atoms with Gasteiger partial charge in [0, 0.05) is 31.4 Å². The number of anilines is 1. The molecule has 0 amide bonds. The van der Waals surface area contributed by atoms with Crippen LogP contribution in [0.1, 0.15) is 23.5 Å². The van der Waals surface area contributed by atoms with Crippen LogP contribution in [-0.4, -0.2) is 47.2 Å². The fourth-order valence-electron chi connectivity index (χ4n) is 3.09. The fraction of sp³-hybridized carbons (Fsp3) is 0.300. The van der Waals surface area contributed by atoms with Crippen molar-refractivity contribution in [3.63, 3.8) is 0 Å². The number of ketones is 1. The van der Waals surface area contributed by atoms with Crippen molar-refractivity contribution in [3.8, 4) is 0 Å². The molecule has 1 aromatic carbocycles. The van der Waals surface area contributed by atoms with Crippen molar-refractivity contribution in [2.45, 2.75) is 12.8 Å². The molecule has 0 aliphatic carbocycles. The number of aromatic nitrogens is 2. The third-order valence-corrected chi connectivity index (χ3v) is 5.42. The van der Waals surface area contributed by atoms with E-state index in [1.165, 1.54) is 5.69 Å². The smallest absolute Gasteiger partial charge is 0.201 e. The molecule has 27 heavy (non-hydrogen) atoms. The van der Waals surface area contributed by atoms with Gasteiger partial charge in [-0.2, -0.15) is 0 Å². The molecular weight excluding hydrogens is 362 g/mol. The molecule has 138 valence electrons. The Labute approximate surface area is 161 Å². The number of thioether (sulfide) groups is 1. The number of Topliss-reactive ketones (excluding diaryl/α,β-unsaturated/α-hetero) is 1. The van der Waals surface area contributed by atoms with Crippen LogP contribution in [-0.2, 0) is 20.7 Å². The minimum absolute atomic E-state index is 0.0239. The van der Waals surface area contributed by atoms with Gasteiger partial charge in [0.1, 0.15) is 5.82 Å². The van der Waals surface area contributed by atoms with Crippen LogP contribution in [0.3, 0.4) is 0 Å². The first-order chi connectivity index (χ1) is 13.2. The predicted molar refractivity (Wildman–Crippen MR) is 105 cm³/mol. The molecule has 1 aromatic heterocycles. The Hall–Kier alpha value is -2.51. The zero-order valence-electron chi connectivity index (χ0n) is 14.8. The minimum atomic E-state index is -0.135. The second-order valence-electron chi connectivity index (χ2n) is 6.42. The Bertz CT molecular complexity index is 890. The number of ether oxygens (including phenoxy) is 1. The standard InChI is InChI=1S/C20H19N3O3S/c24-17-13-20(25)27-18(17)12-15-5-6-21-19(22-15)11-14-1-3-16(4-2-14)23-7-9-26-10-8-23/h1-6,12H,7-11,13H2/b18-12-. The molecule has 0 radical (unpaired) electrons. The summed E-state index contributed by atoms with van der Waals surface area (Å²) in [6, 6.07) is 10.2. The lowest BCUT2D eigenvalue weighted by Crippen LogP contribution is -2.36. The van der Waals surface area contributed by atoms with Crippen molar-refractivity contribution in [1.29, 1.82) is 0 Å². The molecule has 0 bridgehead atoms. The van der Waals surface area contributed by atoms with E-state index in [0.717, 1.165) is 43.6 Å². The van der Waals surface area contributed by atoms with E-state index < -0.39 is 0 Å². The zero-order chi connectivity index (χ0) is 18.6. The highest BCUT2D eigenvalue weighted by atomic mass is 32.2. The third kappa shape index (κ3) is 4.43.